The van der Waals surface area contributed by atoms with Gasteiger partial charge >= 0.3 is 5.97 Å². The van der Waals surface area contributed by atoms with Crippen molar-refractivity contribution < 1.29 is 19.4 Å². The number of carboxylic acid groups (broad SMARTS) is 1. The quantitative estimate of drug-likeness (QED) is 0.874. The third-order valence-electron chi connectivity index (χ3n) is 3.13. The summed E-state index contributed by atoms with van der Waals surface area (Å²) in [5.41, 5.74) is -0.557. The van der Waals surface area contributed by atoms with Crippen LogP contribution in [-0.2, 0) is 11.2 Å². The van der Waals surface area contributed by atoms with Crippen LogP contribution in [0.4, 0.5) is 4.39 Å². The van der Waals surface area contributed by atoms with Crippen molar-refractivity contribution in [2.24, 2.45) is 5.92 Å². The van der Waals surface area contributed by atoms with Crippen LogP contribution >= 0.6 is 11.6 Å². The van der Waals surface area contributed by atoms with Crippen molar-refractivity contribution in [1.82, 2.24) is 0 Å². The number of aliphatic hydroxyl groups is 1. The zero-order chi connectivity index (χ0) is 12.6. The van der Waals surface area contributed by atoms with Crippen LogP contribution in [0.5, 0.6) is 0 Å². The van der Waals surface area contributed by atoms with E-state index in [9.17, 15) is 14.3 Å². The Morgan fingerprint density at radius 3 is 2.76 bits per heavy atom. The summed E-state index contributed by atoms with van der Waals surface area (Å²) >= 11 is 5.89. The van der Waals surface area contributed by atoms with Crippen molar-refractivity contribution in [3.8, 4) is 0 Å². The zero-order valence-corrected chi connectivity index (χ0v) is 9.75. The molecule has 5 heteroatoms. The molecule has 0 saturated heterocycles. The lowest BCUT2D eigenvalue weighted by molar-refractivity contribution is -0.158. The second-order valence-electron chi connectivity index (χ2n) is 4.58. The molecular weight excluding hydrogens is 247 g/mol. The van der Waals surface area contributed by atoms with Gasteiger partial charge in [0.25, 0.3) is 0 Å². The van der Waals surface area contributed by atoms with Crippen LogP contribution in [0.25, 0.3) is 0 Å². The highest BCUT2D eigenvalue weighted by Crippen LogP contribution is 2.41. The molecule has 1 aromatic carbocycles. The van der Waals surface area contributed by atoms with Gasteiger partial charge in [-0.2, -0.15) is 0 Å². The smallest absolute Gasteiger partial charge is 0.306 e. The number of carboxylic acids is 1. The van der Waals surface area contributed by atoms with Gasteiger partial charge in [0.2, 0.25) is 0 Å². The maximum Gasteiger partial charge on any atom is 0.306 e. The van der Waals surface area contributed by atoms with Gasteiger partial charge < -0.3 is 10.2 Å². The van der Waals surface area contributed by atoms with E-state index in [0.29, 0.717) is 10.6 Å². The molecule has 0 amide bonds. The highest BCUT2D eigenvalue weighted by Gasteiger charge is 2.46. The molecule has 17 heavy (non-hydrogen) atoms. The second-order valence-corrected chi connectivity index (χ2v) is 4.99. The molecule has 0 unspecified atom stereocenters. The lowest BCUT2D eigenvalue weighted by Crippen LogP contribution is -2.48. The first-order valence-corrected chi connectivity index (χ1v) is 5.66. The third-order valence-corrected chi connectivity index (χ3v) is 3.50. The summed E-state index contributed by atoms with van der Waals surface area (Å²) in [6.07, 6.45) is 0.567. The lowest BCUT2D eigenvalue weighted by atomic mass is 9.68. The van der Waals surface area contributed by atoms with Crippen LogP contribution in [0.15, 0.2) is 18.2 Å². The van der Waals surface area contributed by atoms with Crippen molar-refractivity contribution in [3.05, 3.63) is 34.6 Å². The Balaban J connectivity index is 2.07. The fraction of sp³-hybridized carbons (Fsp3) is 0.417. The second kappa shape index (κ2) is 4.27. The van der Waals surface area contributed by atoms with Gasteiger partial charge in [-0.3, -0.25) is 4.79 Å². The molecule has 1 saturated carbocycles. The van der Waals surface area contributed by atoms with Crippen molar-refractivity contribution in [2.45, 2.75) is 24.9 Å². The maximum absolute atomic E-state index is 13.0. The van der Waals surface area contributed by atoms with Gasteiger partial charge in [-0.15, -0.1) is 0 Å². The molecule has 3 nitrogen and oxygen atoms in total. The summed E-state index contributed by atoms with van der Waals surface area (Å²) in [6.45, 7) is 0. The van der Waals surface area contributed by atoms with Gasteiger partial charge in [0.05, 0.1) is 11.5 Å². The number of carbonyl (C=O) groups is 1. The Labute approximate surface area is 103 Å². The van der Waals surface area contributed by atoms with E-state index in [1.54, 1.807) is 0 Å². The molecule has 1 aromatic rings. The normalized spacial score (nSPS) is 27.6. The molecule has 2 rings (SSSR count). The van der Waals surface area contributed by atoms with Gasteiger partial charge in [-0.05, 0) is 36.6 Å². The van der Waals surface area contributed by atoms with Crippen LogP contribution < -0.4 is 0 Å². The highest BCUT2D eigenvalue weighted by atomic mass is 35.5. The van der Waals surface area contributed by atoms with Gasteiger partial charge in [0.15, 0.2) is 0 Å². The van der Waals surface area contributed by atoms with Gasteiger partial charge in [-0.1, -0.05) is 11.6 Å². The first kappa shape index (κ1) is 12.3. The monoisotopic (exact) mass is 258 g/mol. The van der Waals surface area contributed by atoms with Crippen molar-refractivity contribution in [3.63, 3.8) is 0 Å². The minimum atomic E-state index is -1.07. The molecule has 0 bridgehead atoms. The molecule has 0 heterocycles. The van der Waals surface area contributed by atoms with Crippen LogP contribution in [-0.4, -0.2) is 21.8 Å². The minimum absolute atomic E-state index is 0.188. The van der Waals surface area contributed by atoms with Gasteiger partial charge in [0, 0.05) is 11.4 Å². The summed E-state index contributed by atoms with van der Waals surface area (Å²) in [7, 11) is 0. The summed E-state index contributed by atoms with van der Waals surface area (Å²) < 4.78 is 13.0. The number of benzene rings is 1. The Kier molecular flexibility index (Phi) is 3.10. The topological polar surface area (TPSA) is 57.5 Å². The number of halogens is 2. The molecule has 1 aliphatic carbocycles. The third kappa shape index (κ3) is 2.58. The number of hydrogen-bond donors (Lipinski definition) is 2. The van der Waals surface area contributed by atoms with E-state index in [0.717, 1.165) is 0 Å². The summed E-state index contributed by atoms with van der Waals surface area (Å²) in [5.74, 6) is -1.82. The van der Waals surface area contributed by atoms with E-state index in [-0.39, 0.29) is 19.3 Å². The molecule has 1 fully saturated rings. The van der Waals surface area contributed by atoms with E-state index in [2.05, 4.69) is 0 Å². The molecule has 0 radical (unpaired) electrons. The summed E-state index contributed by atoms with van der Waals surface area (Å²) in [4.78, 5) is 10.6. The van der Waals surface area contributed by atoms with Crippen molar-refractivity contribution in [2.75, 3.05) is 0 Å². The average molecular weight is 259 g/mol. The Bertz CT molecular complexity index is 455. The number of aliphatic carboxylic acids is 1. The Morgan fingerprint density at radius 2 is 2.18 bits per heavy atom. The standard InChI is InChI=1S/C12H12ClFO3/c13-10-2-1-9(14)3-7(10)4-12(17)5-8(6-12)11(15)16/h1-3,8,17H,4-6H2,(H,15,16). The molecule has 0 aromatic heterocycles. The number of hydrogen-bond acceptors (Lipinski definition) is 2. The molecular formula is C12H12ClFO3. The average Bonchev–Trinajstić information content (AvgIpc) is 2.19. The van der Waals surface area contributed by atoms with Gasteiger partial charge in [0.1, 0.15) is 5.82 Å². The van der Waals surface area contributed by atoms with Crippen LogP contribution in [0, 0.1) is 11.7 Å². The molecule has 92 valence electrons. The molecule has 0 atom stereocenters. The van der Waals surface area contributed by atoms with E-state index in [1.807, 2.05) is 0 Å². The minimum Gasteiger partial charge on any atom is -0.481 e. The Morgan fingerprint density at radius 1 is 1.53 bits per heavy atom. The van der Waals surface area contributed by atoms with Gasteiger partial charge in [-0.25, -0.2) is 4.39 Å². The van der Waals surface area contributed by atoms with Crippen LogP contribution in [0.1, 0.15) is 18.4 Å². The fourth-order valence-electron chi connectivity index (χ4n) is 2.21. The molecule has 2 N–H and O–H groups in total. The van der Waals surface area contributed by atoms with Crippen LogP contribution in [0.2, 0.25) is 5.02 Å². The van der Waals surface area contributed by atoms with Crippen LogP contribution in [0.3, 0.4) is 0 Å². The van der Waals surface area contributed by atoms with Crippen molar-refractivity contribution in [1.29, 1.82) is 0 Å². The first-order chi connectivity index (χ1) is 7.89. The van der Waals surface area contributed by atoms with E-state index in [1.165, 1.54) is 18.2 Å². The molecule has 0 aliphatic heterocycles. The predicted octanol–water partition coefficient (Wildman–Crippen LogP) is 2.25. The highest BCUT2D eigenvalue weighted by molar-refractivity contribution is 6.31. The summed E-state index contributed by atoms with van der Waals surface area (Å²) in [5, 5.41) is 19.2. The number of rotatable bonds is 3. The van der Waals surface area contributed by atoms with E-state index in [4.69, 9.17) is 16.7 Å². The van der Waals surface area contributed by atoms with E-state index < -0.39 is 23.3 Å². The first-order valence-electron chi connectivity index (χ1n) is 5.29. The van der Waals surface area contributed by atoms with E-state index >= 15 is 0 Å². The predicted molar refractivity (Wildman–Crippen MR) is 60.4 cm³/mol. The Hall–Kier alpha value is -1.13. The molecule has 1 aliphatic rings. The maximum atomic E-state index is 13.0. The van der Waals surface area contributed by atoms with Crippen molar-refractivity contribution >= 4 is 17.6 Å². The zero-order valence-electron chi connectivity index (χ0n) is 8.99. The summed E-state index contributed by atoms with van der Waals surface area (Å²) in [6, 6.07) is 3.95. The largest absolute Gasteiger partial charge is 0.481 e. The lowest BCUT2D eigenvalue weighted by Gasteiger charge is -2.41. The SMILES string of the molecule is O=C(O)C1CC(O)(Cc2cc(F)ccc2Cl)C1. The fourth-order valence-corrected chi connectivity index (χ4v) is 2.39. The molecule has 0 spiro atoms.